The van der Waals surface area contributed by atoms with E-state index in [1.54, 1.807) is 0 Å². The van der Waals surface area contributed by atoms with E-state index in [1.165, 1.54) is 10.8 Å². The first-order valence-electron chi connectivity index (χ1n) is 5.70. The monoisotopic (exact) mass is 321 g/mol. The van der Waals surface area contributed by atoms with E-state index in [0.717, 1.165) is 6.33 Å². The number of phosphoric acid groups is 1. The summed E-state index contributed by atoms with van der Waals surface area (Å²) in [6.45, 7) is -0.740. The van der Waals surface area contributed by atoms with E-state index in [9.17, 15) is 29.4 Å². The first-order valence-corrected chi connectivity index (χ1v) is 7.16. The third kappa shape index (κ3) is 3.66. The highest BCUT2D eigenvalue weighted by Gasteiger charge is 2.43. The number of ether oxygens (including phenoxy) is 1. The first-order chi connectivity index (χ1) is 9.69. The highest BCUT2D eigenvalue weighted by Crippen LogP contribution is 2.32. The fourth-order valence-corrected chi connectivity index (χ4v) is 2.21. The molecule has 1 amide bonds. The van der Waals surface area contributed by atoms with Crippen LogP contribution in [0, 0.1) is 0 Å². The van der Waals surface area contributed by atoms with Crippen molar-refractivity contribution in [3.8, 4) is 0 Å². The van der Waals surface area contributed by atoms with Gasteiger partial charge in [-0.05, 0) is 0 Å². The molecule has 11 nitrogen and oxygen atoms in total. The van der Waals surface area contributed by atoms with Gasteiger partial charge in [0.25, 0.3) is 5.91 Å². The molecule has 1 fully saturated rings. The Morgan fingerprint density at radius 2 is 2.19 bits per heavy atom. The maximum atomic E-state index is 10.9. The smallest absolute Gasteiger partial charge is 0.268 e. The fourth-order valence-electron chi connectivity index (χ4n) is 1.88. The lowest BCUT2D eigenvalue weighted by atomic mass is 10.1. The lowest BCUT2D eigenvalue weighted by Gasteiger charge is -2.30. The Balaban J connectivity index is 2.08. The molecule has 2 rings (SSSR count). The van der Waals surface area contributed by atoms with Gasteiger partial charge in [0.05, 0.1) is 20.8 Å². The number of nitrogens with zero attached hydrogens (tertiary/aromatic N) is 2. The molecular weight excluding hydrogens is 309 g/mol. The molecule has 1 aromatic heterocycles. The molecule has 1 aromatic rings. The average molecular weight is 321 g/mol. The number of imidazole rings is 1. The van der Waals surface area contributed by atoms with E-state index in [2.05, 4.69) is 9.51 Å². The third-order valence-corrected chi connectivity index (χ3v) is 3.35. The second-order valence-electron chi connectivity index (χ2n) is 4.36. The summed E-state index contributed by atoms with van der Waals surface area (Å²) in [5, 5.41) is 19.6. The maximum Gasteiger partial charge on any atom is 0.268 e. The summed E-state index contributed by atoms with van der Waals surface area (Å²) >= 11 is 0. The molecule has 0 spiro atoms. The average Bonchev–Trinajstić information content (AvgIpc) is 2.94. The van der Waals surface area contributed by atoms with Crippen LogP contribution in [-0.2, 0) is 13.8 Å². The van der Waals surface area contributed by atoms with Crippen LogP contribution in [0.25, 0.3) is 0 Å². The Labute approximate surface area is 118 Å². The number of hydrogen-bond acceptors (Lipinski definition) is 9. The minimum absolute atomic E-state index is 0.0800. The van der Waals surface area contributed by atoms with Gasteiger partial charge in [-0.2, -0.15) is 0 Å². The van der Waals surface area contributed by atoms with Crippen LogP contribution in [0.15, 0.2) is 12.5 Å². The number of carbonyl (C=O) groups excluding carboxylic acids is 1. The van der Waals surface area contributed by atoms with Crippen LogP contribution in [0.4, 0.5) is 0 Å². The summed E-state index contributed by atoms with van der Waals surface area (Å²) in [6, 6.07) is 0. The van der Waals surface area contributed by atoms with Gasteiger partial charge >= 0.3 is 0 Å². The lowest BCUT2D eigenvalue weighted by molar-refractivity contribution is -0.343. The number of aromatic nitrogens is 2. The topological polar surface area (TPSA) is 183 Å². The van der Waals surface area contributed by atoms with Crippen molar-refractivity contribution in [2.75, 3.05) is 6.61 Å². The lowest BCUT2D eigenvalue weighted by Crippen LogP contribution is -2.34. The molecular formula is C9H12N3O8P-2. The van der Waals surface area contributed by atoms with Crippen molar-refractivity contribution in [1.82, 2.24) is 9.55 Å². The molecule has 0 bridgehead atoms. The van der Waals surface area contributed by atoms with Crippen LogP contribution in [0.3, 0.4) is 0 Å². The van der Waals surface area contributed by atoms with Crippen molar-refractivity contribution in [2.45, 2.75) is 24.5 Å². The molecule has 1 aliphatic heterocycles. The van der Waals surface area contributed by atoms with Gasteiger partial charge < -0.3 is 44.1 Å². The Morgan fingerprint density at radius 1 is 1.52 bits per heavy atom. The van der Waals surface area contributed by atoms with Crippen molar-refractivity contribution >= 4 is 13.7 Å². The zero-order chi connectivity index (χ0) is 15.8. The van der Waals surface area contributed by atoms with Gasteiger partial charge in [-0.1, -0.05) is 0 Å². The van der Waals surface area contributed by atoms with E-state index >= 15 is 0 Å². The maximum absolute atomic E-state index is 10.9. The number of amides is 1. The van der Waals surface area contributed by atoms with Crippen LogP contribution in [0.1, 0.15) is 16.7 Å². The van der Waals surface area contributed by atoms with E-state index in [1.807, 2.05) is 0 Å². The van der Waals surface area contributed by atoms with Gasteiger partial charge in [-0.3, -0.25) is 4.79 Å². The van der Waals surface area contributed by atoms with E-state index < -0.39 is 44.9 Å². The zero-order valence-electron chi connectivity index (χ0n) is 10.4. The summed E-state index contributed by atoms with van der Waals surface area (Å²) in [5.74, 6) is -0.791. The number of hydrogen-bond donors (Lipinski definition) is 3. The number of aliphatic hydroxyl groups excluding tert-OH is 2. The molecule has 2 heterocycles. The minimum atomic E-state index is -5.22. The largest absolute Gasteiger partial charge is 0.790 e. The molecule has 4 atom stereocenters. The number of carbonyl (C=O) groups is 1. The number of phosphoric ester groups is 1. The number of rotatable bonds is 5. The molecule has 0 saturated carbocycles. The molecule has 0 radical (unpaired) electrons. The van der Waals surface area contributed by atoms with Crippen LogP contribution in [0.2, 0.25) is 0 Å². The van der Waals surface area contributed by atoms with Crippen LogP contribution in [-0.4, -0.2) is 50.6 Å². The van der Waals surface area contributed by atoms with Gasteiger partial charge in [0.2, 0.25) is 0 Å². The van der Waals surface area contributed by atoms with Crippen molar-refractivity contribution < 1.29 is 38.6 Å². The SMILES string of the molecule is NC(=O)c1cn(C2OC(COP(=O)([O-])[O-])C(O)C2O)cn1. The number of nitrogens with two attached hydrogens (primary N) is 1. The van der Waals surface area contributed by atoms with Crippen LogP contribution in [0.5, 0.6) is 0 Å². The summed E-state index contributed by atoms with van der Waals surface area (Å²) in [4.78, 5) is 35.4. The normalized spacial score (nSPS) is 29.7. The molecule has 4 N–H and O–H groups in total. The Kier molecular flexibility index (Phi) is 4.44. The van der Waals surface area contributed by atoms with Gasteiger partial charge in [-0.25, -0.2) is 4.98 Å². The van der Waals surface area contributed by atoms with Crippen molar-refractivity contribution in [2.24, 2.45) is 5.73 Å². The second-order valence-corrected chi connectivity index (χ2v) is 5.51. The van der Waals surface area contributed by atoms with Crippen molar-refractivity contribution in [3.05, 3.63) is 18.2 Å². The summed E-state index contributed by atoms with van der Waals surface area (Å²) in [6.07, 6.45) is -2.95. The molecule has 118 valence electrons. The standard InChI is InChI=1S/C9H14N3O8P/c10-8(15)4-1-12(3-11-4)9-7(14)6(13)5(20-9)2-19-21(16,17)18/h1,3,5-7,9,13-14H,2H2,(H2,10,15)(H2,16,17,18)/p-2. The minimum Gasteiger partial charge on any atom is -0.790 e. The molecule has 1 aliphatic rings. The van der Waals surface area contributed by atoms with E-state index in [0.29, 0.717) is 0 Å². The molecule has 0 aliphatic carbocycles. The predicted octanol–water partition coefficient (Wildman–Crippen LogP) is -3.55. The Morgan fingerprint density at radius 3 is 2.71 bits per heavy atom. The van der Waals surface area contributed by atoms with E-state index in [4.69, 9.17) is 10.5 Å². The zero-order valence-corrected chi connectivity index (χ0v) is 11.3. The molecule has 4 unspecified atom stereocenters. The quantitative estimate of drug-likeness (QED) is 0.462. The highest BCUT2D eigenvalue weighted by atomic mass is 31.2. The van der Waals surface area contributed by atoms with Gasteiger partial charge in [0.15, 0.2) is 6.23 Å². The second kappa shape index (κ2) is 5.81. The Hall–Kier alpha value is -1.33. The predicted molar refractivity (Wildman–Crippen MR) is 60.2 cm³/mol. The first kappa shape index (κ1) is 16.0. The molecule has 1 saturated heterocycles. The third-order valence-electron chi connectivity index (χ3n) is 2.88. The number of aliphatic hydroxyl groups is 2. The summed E-state index contributed by atoms with van der Waals surface area (Å²) in [5.41, 5.74) is 4.94. The van der Waals surface area contributed by atoms with E-state index in [-0.39, 0.29) is 5.69 Å². The highest BCUT2D eigenvalue weighted by molar-refractivity contribution is 7.43. The van der Waals surface area contributed by atoms with Crippen molar-refractivity contribution in [1.29, 1.82) is 0 Å². The molecule has 12 heteroatoms. The molecule has 21 heavy (non-hydrogen) atoms. The van der Waals surface area contributed by atoms with Gasteiger partial charge in [-0.15, -0.1) is 0 Å². The molecule has 0 aromatic carbocycles. The summed E-state index contributed by atoms with van der Waals surface area (Å²) in [7, 11) is -5.22. The van der Waals surface area contributed by atoms with Crippen molar-refractivity contribution in [3.63, 3.8) is 0 Å². The van der Waals surface area contributed by atoms with Gasteiger partial charge in [0, 0.05) is 6.20 Å². The summed E-state index contributed by atoms with van der Waals surface area (Å²) < 4.78 is 20.8. The van der Waals surface area contributed by atoms with Crippen LogP contribution >= 0.6 is 7.82 Å². The van der Waals surface area contributed by atoms with Gasteiger partial charge in [0.1, 0.15) is 24.0 Å². The fraction of sp³-hybridized carbons (Fsp3) is 0.556. The van der Waals surface area contributed by atoms with Crippen LogP contribution < -0.4 is 15.5 Å². The number of primary amides is 1. The Bertz CT molecular complexity index is 571.